The summed E-state index contributed by atoms with van der Waals surface area (Å²) in [6.45, 7) is 4.17. The first-order valence-corrected chi connectivity index (χ1v) is 6.93. The zero-order valence-electron chi connectivity index (χ0n) is 10.9. The molecule has 1 heterocycles. The Kier molecular flexibility index (Phi) is 4.05. The van der Waals surface area contributed by atoms with Crippen molar-refractivity contribution in [1.29, 1.82) is 0 Å². The fourth-order valence-corrected chi connectivity index (χ4v) is 3.10. The molecule has 98 valence electrons. The molecule has 1 saturated carbocycles. The average Bonchev–Trinajstić information content (AvgIpc) is 2.67. The molecule has 4 nitrogen and oxygen atoms in total. The van der Waals surface area contributed by atoms with Crippen molar-refractivity contribution in [3.63, 3.8) is 0 Å². The Labute approximate surface area is 103 Å². The first kappa shape index (κ1) is 12.8. The lowest BCUT2D eigenvalue weighted by Crippen LogP contribution is -2.46. The van der Waals surface area contributed by atoms with E-state index in [1.165, 1.54) is 0 Å². The minimum Gasteiger partial charge on any atom is -0.393 e. The van der Waals surface area contributed by atoms with Gasteiger partial charge in [0.25, 0.3) is 0 Å². The van der Waals surface area contributed by atoms with Crippen molar-refractivity contribution in [2.24, 2.45) is 0 Å². The molecule has 2 fully saturated rings. The highest BCUT2D eigenvalue weighted by Crippen LogP contribution is 2.28. The van der Waals surface area contributed by atoms with Crippen LogP contribution in [0, 0.1) is 0 Å². The van der Waals surface area contributed by atoms with E-state index >= 15 is 0 Å². The summed E-state index contributed by atoms with van der Waals surface area (Å²) in [7, 11) is 0. The summed E-state index contributed by atoms with van der Waals surface area (Å²) in [6, 6.07) is 0.340. The number of nitrogens with zero attached hydrogens (tertiary/aromatic N) is 1. The molecule has 2 N–H and O–H groups in total. The molecule has 2 unspecified atom stereocenters. The average molecular weight is 240 g/mol. The lowest BCUT2D eigenvalue weighted by Gasteiger charge is -2.36. The molecule has 0 radical (unpaired) electrons. The van der Waals surface area contributed by atoms with Crippen LogP contribution in [0.4, 0.5) is 0 Å². The summed E-state index contributed by atoms with van der Waals surface area (Å²) < 4.78 is 0. The van der Waals surface area contributed by atoms with E-state index in [1.54, 1.807) is 0 Å². The molecule has 0 aromatic carbocycles. The number of hydrogen-bond acceptors (Lipinski definition) is 3. The Morgan fingerprint density at radius 2 is 1.88 bits per heavy atom. The van der Waals surface area contributed by atoms with E-state index in [4.69, 9.17) is 0 Å². The number of hydrogen-bond donors (Lipinski definition) is 2. The second-order valence-electron chi connectivity index (χ2n) is 5.26. The maximum atomic E-state index is 12.3. The molecule has 0 spiro atoms. The van der Waals surface area contributed by atoms with Gasteiger partial charge in [0.1, 0.15) is 0 Å². The molecule has 0 aromatic heterocycles. The van der Waals surface area contributed by atoms with E-state index in [2.05, 4.69) is 24.1 Å². The third kappa shape index (κ3) is 2.47. The maximum absolute atomic E-state index is 12.3. The lowest BCUT2D eigenvalue weighted by molar-refractivity contribution is -0.133. The lowest BCUT2D eigenvalue weighted by atomic mass is 9.91. The van der Waals surface area contributed by atoms with E-state index in [9.17, 15) is 9.90 Å². The number of carbonyl (C=O) groups is 1. The van der Waals surface area contributed by atoms with Crippen molar-refractivity contribution in [3.05, 3.63) is 0 Å². The van der Waals surface area contributed by atoms with Crippen molar-refractivity contribution in [3.8, 4) is 0 Å². The van der Waals surface area contributed by atoms with Gasteiger partial charge in [0.15, 0.2) is 0 Å². The minimum absolute atomic E-state index is 0.00630. The SMILES string of the molecule is CCC1NC(CC)N(C2CCC(O)CC2)C1=O. The summed E-state index contributed by atoms with van der Waals surface area (Å²) in [5, 5.41) is 13.0. The van der Waals surface area contributed by atoms with Crippen LogP contribution in [-0.4, -0.2) is 40.3 Å². The van der Waals surface area contributed by atoms with Crippen LogP contribution in [0.5, 0.6) is 0 Å². The second kappa shape index (κ2) is 5.36. The van der Waals surface area contributed by atoms with Gasteiger partial charge in [-0.1, -0.05) is 13.8 Å². The van der Waals surface area contributed by atoms with Gasteiger partial charge in [-0.25, -0.2) is 0 Å². The van der Waals surface area contributed by atoms with Gasteiger partial charge in [0, 0.05) is 6.04 Å². The van der Waals surface area contributed by atoms with Crippen LogP contribution in [0.15, 0.2) is 0 Å². The number of aliphatic hydroxyl groups excluding tert-OH is 1. The zero-order chi connectivity index (χ0) is 12.4. The van der Waals surface area contributed by atoms with Crippen LogP contribution < -0.4 is 5.32 Å². The second-order valence-corrected chi connectivity index (χ2v) is 5.26. The minimum atomic E-state index is -0.154. The van der Waals surface area contributed by atoms with Gasteiger partial charge >= 0.3 is 0 Å². The molecule has 17 heavy (non-hydrogen) atoms. The molecule has 2 atom stereocenters. The van der Waals surface area contributed by atoms with Gasteiger partial charge in [-0.15, -0.1) is 0 Å². The first-order valence-electron chi connectivity index (χ1n) is 6.93. The largest absolute Gasteiger partial charge is 0.393 e. The molecular weight excluding hydrogens is 216 g/mol. The molecule has 4 heteroatoms. The predicted molar refractivity (Wildman–Crippen MR) is 66.4 cm³/mol. The van der Waals surface area contributed by atoms with Crippen molar-refractivity contribution in [2.45, 2.75) is 76.7 Å². The monoisotopic (exact) mass is 240 g/mol. The topological polar surface area (TPSA) is 52.6 Å². The predicted octanol–water partition coefficient (Wildman–Crippen LogP) is 1.24. The Balaban J connectivity index is 2.04. The van der Waals surface area contributed by atoms with Crippen molar-refractivity contribution < 1.29 is 9.90 Å². The van der Waals surface area contributed by atoms with E-state index < -0.39 is 0 Å². The van der Waals surface area contributed by atoms with Crippen LogP contribution in [0.2, 0.25) is 0 Å². The van der Waals surface area contributed by atoms with Crippen molar-refractivity contribution in [1.82, 2.24) is 10.2 Å². The molecule has 1 saturated heterocycles. The van der Waals surface area contributed by atoms with Gasteiger partial charge in [-0.05, 0) is 38.5 Å². The van der Waals surface area contributed by atoms with Gasteiger partial charge in [0.05, 0.1) is 18.3 Å². The number of aliphatic hydroxyl groups is 1. The van der Waals surface area contributed by atoms with Gasteiger partial charge in [0.2, 0.25) is 5.91 Å². The Bertz CT molecular complexity index is 275. The molecular formula is C13H24N2O2. The van der Waals surface area contributed by atoms with E-state index in [0.717, 1.165) is 38.5 Å². The van der Waals surface area contributed by atoms with Crippen LogP contribution in [-0.2, 0) is 4.79 Å². The van der Waals surface area contributed by atoms with Crippen molar-refractivity contribution >= 4 is 5.91 Å². The summed E-state index contributed by atoms with van der Waals surface area (Å²) in [4.78, 5) is 14.3. The van der Waals surface area contributed by atoms with E-state index in [1.807, 2.05) is 0 Å². The summed E-state index contributed by atoms with van der Waals surface area (Å²) in [5.41, 5.74) is 0. The van der Waals surface area contributed by atoms with Crippen LogP contribution in [0.1, 0.15) is 52.4 Å². The quantitative estimate of drug-likeness (QED) is 0.780. The summed E-state index contributed by atoms with van der Waals surface area (Å²) >= 11 is 0. The highest BCUT2D eigenvalue weighted by molar-refractivity contribution is 5.84. The fourth-order valence-electron chi connectivity index (χ4n) is 3.10. The third-order valence-electron chi connectivity index (χ3n) is 4.14. The molecule has 0 aromatic rings. The molecule has 0 bridgehead atoms. The summed E-state index contributed by atoms with van der Waals surface area (Å²) in [6.07, 6.45) is 5.43. The standard InChI is InChI=1S/C13H24N2O2/c1-3-11-13(17)15(12(4-2)14-11)9-5-7-10(16)8-6-9/h9-12,14,16H,3-8H2,1-2H3. The molecule has 2 rings (SSSR count). The van der Waals surface area contributed by atoms with Crippen LogP contribution >= 0.6 is 0 Å². The number of rotatable bonds is 3. The number of amides is 1. The fraction of sp³-hybridized carbons (Fsp3) is 0.923. The molecule has 1 amide bonds. The normalized spacial score (nSPS) is 38.8. The van der Waals surface area contributed by atoms with Crippen LogP contribution in [0.25, 0.3) is 0 Å². The molecule has 1 aliphatic heterocycles. The van der Waals surface area contributed by atoms with Gasteiger partial charge < -0.3 is 10.0 Å². The van der Waals surface area contributed by atoms with E-state index in [-0.39, 0.29) is 24.2 Å². The third-order valence-corrected chi connectivity index (χ3v) is 4.14. The maximum Gasteiger partial charge on any atom is 0.241 e. The highest BCUT2D eigenvalue weighted by atomic mass is 16.3. The first-order chi connectivity index (χ1) is 8.17. The molecule has 2 aliphatic rings. The smallest absolute Gasteiger partial charge is 0.241 e. The molecule has 1 aliphatic carbocycles. The Morgan fingerprint density at radius 3 is 2.41 bits per heavy atom. The number of nitrogens with one attached hydrogen (secondary N) is 1. The Morgan fingerprint density at radius 1 is 1.24 bits per heavy atom. The van der Waals surface area contributed by atoms with Gasteiger partial charge in [-0.2, -0.15) is 0 Å². The number of carbonyl (C=O) groups excluding carboxylic acids is 1. The zero-order valence-corrected chi connectivity index (χ0v) is 10.9. The Hall–Kier alpha value is -0.610. The van der Waals surface area contributed by atoms with Crippen LogP contribution in [0.3, 0.4) is 0 Å². The summed E-state index contributed by atoms with van der Waals surface area (Å²) in [5.74, 6) is 0.265. The highest BCUT2D eigenvalue weighted by Gasteiger charge is 2.41. The van der Waals surface area contributed by atoms with Crippen molar-refractivity contribution in [2.75, 3.05) is 0 Å². The van der Waals surface area contributed by atoms with Gasteiger partial charge in [-0.3, -0.25) is 10.1 Å². The van der Waals surface area contributed by atoms with E-state index in [0.29, 0.717) is 6.04 Å².